The van der Waals surface area contributed by atoms with Gasteiger partial charge < -0.3 is 10.1 Å². The molecule has 0 spiro atoms. The molecule has 0 fully saturated rings. The van der Waals surface area contributed by atoms with Gasteiger partial charge in [0, 0.05) is 18.7 Å². The van der Waals surface area contributed by atoms with Crippen LogP contribution in [0.15, 0.2) is 36.4 Å². The van der Waals surface area contributed by atoms with E-state index in [1.165, 1.54) is 0 Å². The average molecular weight is 380 g/mol. The second-order valence-electron chi connectivity index (χ2n) is 7.25. The SMILES string of the molecule is Cc1ccc2c(c1)C(=O)N(CCC(=O)Nc1ccc(OC(C)C)cc1C)C2=O. The van der Waals surface area contributed by atoms with Gasteiger partial charge in [-0.15, -0.1) is 0 Å². The molecule has 28 heavy (non-hydrogen) atoms. The van der Waals surface area contributed by atoms with Crippen LogP contribution in [0.3, 0.4) is 0 Å². The average Bonchev–Trinajstić information content (AvgIpc) is 2.85. The second kappa shape index (κ2) is 7.84. The molecule has 0 aromatic heterocycles. The molecule has 0 bridgehead atoms. The van der Waals surface area contributed by atoms with E-state index in [1.54, 1.807) is 30.3 Å². The van der Waals surface area contributed by atoms with Crippen LogP contribution in [0.4, 0.5) is 5.69 Å². The molecule has 0 aliphatic carbocycles. The molecule has 1 aliphatic heterocycles. The highest BCUT2D eigenvalue weighted by Crippen LogP contribution is 2.25. The van der Waals surface area contributed by atoms with Crippen molar-refractivity contribution in [1.29, 1.82) is 0 Å². The van der Waals surface area contributed by atoms with Gasteiger partial charge in [0.15, 0.2) is 0 Å². The molecule has 6 heteroatoms. The highest BCUT2D eigenvalue weighted by atomic mass is 16.5. The van der Waals surface area contributed by atoms with E-state index in [9.17, 15) is 14.4 Å². The maximum Gasteiger partial charge on any atom is 0.261 e. The monoisotopic (exact) mass is 380 g/mol. The quantitative estimate of drug-likeness (QED) is 0.775. The fourth-order valence-corrected chi connectivity index (χ4v) is 3.16. The van der Waals surface area contributed by atoms with Gasteiger partial charge in [0.2, 0.25) is 5.91 Å². The number of nitrogens with one attached hydrogen (secondary N) is 1. The molecule has 146 valence electrons. The number of hydrogen-bond acceptors (Lipinski definition) is 4. The second-order valence-corrected chi connectivity index (χ2v) is 7.25. The largest absolute Gasteiger partial charge is 0.491 e. The fourth-order valence-electron chi connectivity index (χ4n) is 3.16. The molecule has 2 aromatic carbocycles. The molecule has 3 amide bonds. The van der Waals surface area contributed by atoms with Crippen molar-refractivity contribution in [1.82, 2.24) is 4.90 Å². The van der Waals surface area contributed by atoms with E-state index >= 15 is 0 Å². The fraction of sp³-hybridized carbons (Fsp3) is 0.318. The third-order valence-electron chi connectivity index (χ3n) is 4.53. The number of fused-ring (bicyclic) bond motifs is 1. The first kappa shape index (κ1) is 19.6. The van der Waals surface area contributed by atoms with Gasteiger partial charge in [0.1, 0.15) is 5.75 Å². The van der Waals surface area contributed by atoms with E-state index in [4.69, 9.17) is 4.74 Å². The van der Waals surface area contributed by atoms with Crippen molar-refractivity contribution in [2.24, 2.45) is 0 Å². The summed E-state index contributed by atoms with van der Waals surface area (Å²) in [6.07, 6.45) is 0.108. The first-order chi connectivity index (χ1) is 13.3. The van der Waals surface area contributed by atoms with Gasteiger partial charge in [-0.3, -0.25) is 19.3 Å². The van der Waals surface area contributed by atoms with Crippen molar-refractivity contribution < 1.29 is 19.1 Å². The van der Waals surface area contributed by atoms with Crippen molar-refractivity contribution in [3.8, 4) is 5.75 Å². The molecular formula is C22H24N2O4. The maximum atomic E-state index is 12.5. The predicted molar refractivity (Wildman–Crippen MR) is 107 cm³/mol. The van der Waals surface area contributed by atoms with Crippen LogP contribution in [-0.2, 0) is 4.79 Å². The number of nitrogens with zero attached hydrogens (tertiary/aromatic N) is 1. The van der Waals surface area contributed by atoms with Gasteiger partial charge in [-0.1, -0.05) is 11.6 Å². The summed E-state index contributed by atoms with van der Waals surface area (Å²) in [4.78, 5) is 38.4. The standard InChI is InChI=1S/C22H24N2O4/c1-13(2)28-16-6-8-19(15(4)12-16)23-20(25)9-10-24-21(26)17-7-5-14(3)11-18(17)22(24)27/h5-8,11-13H,9-10H2,1-4H3,(H,23,25). The van der Waals surface area contributed by atoms with Crippen molar-refractivity contribution in [3.05, 3.63) is 58.7 Å². The number of anilines is 1. The summed E-state index contributed by atoms with van der Waals surface area (Å²) in [5, 5.41) is 2.83. The lowest BCUT2D eigenvalue weighted by molar-refractivity contribution is -0.116. The van der Waals surface area contributed by atoms with Crippen LogP contribution in [0.1, 0.15) is 52.1 Å². The number of ether oxygens (including phenoxy) is 1. The predicted octanol–water partition coefficient (Wildman–Crippen LogP) is 3.72. The maximum absolute atomic E-state index is 12.5. The Kier molecular flexibility index (Phi) is 5.49. The Balaban J connectivity index is 1.61. The Morgan fingerprint density at radius 2 is 1.75 bits per heavy atom. The van der Waals surface area contributed by atoms with Crippen LogP contribution in [0.2, 0.25) is 0 Å². The topological polar surface area (TPSA) is 75.7 Å². The summed E-state index contributed by atoms with van der Waals surface area (Å²) >= 11 is 0. The molecule has 1 heterocycles. The summed E-state index contributed by atoms with van der Waals surface area (Å²) in [5.41, 5.74) is 3.27. The van der Waals surface area contributed by atoms with Gasteiger partial charge in [-0.2, -0.15) is 0 Å². The number of carbonyl (C=O) groups excluding carboxylic acids is 3. The summed E-state index contributed by atoms with van der Waals surface area (Å²) in [6.45, 7) is 7.70. The number of imide groups is 1. The molecule has 2 aromatic rings. The van der Waals surface area contributed by atoms with E-state index in [1.807, 2.05) is 33.8 Å². The highest BCUT2D eigenvalue weighted by Gasteiger charge is 2.35. The lowest BCUT2D eigenvalue weighted by Gasteiger charge is -2.15. The van der Waals surface area contributed by atoms with E-state index < -0.39 is 0 Å². The Bertz CT molecular complexity index is 950. The molecular weight excluding hydrogens is 356 g/mol. The van der Waals surface area contributed by atoms with E-state index in [2.05, 4.69) is 5.32 Å². The number of amides is 3. The van der Waals surface area contributed by atoms with Crippen molar-refractivity contribution in [3.63, 3.8) is 0 Å². The Morgan fingerprint density at radius 1 is 1.04 bits per heavy atom. The van der Waals surface area contributed by atoms with Crippen LogP contribution in [0.25, 0.3) is 0 Å². The molecule has 0 unspecified atom stereocenters. The third-order valence-corrected chi connectivity index (χ3v) is 4.53. The number of aryl methyl sites for hydroxylation is 2. The lowest BCUT2D eigenvalue weighted by atomic mass is 10.1. The van der Waals surface area contributed by atoms with Crippen molar-refractivity contribution in [2.75, 3.05) is 11.9 Å². The summed E-state index contributed by atoms with van der Waals surface area (Å²) in [5.74, 6) is -0.206. The van der Waals surface area contributed by atoms with Crippen LogP contribution in [-0.4, -0.2) is 35.3 Å². The molecule has 1 aliphatic rings. The zero-order valence-corrected chi connectivity index (χ0v) is 16.5. The number of carbonyl (C=O) groups is 3. The summed E-state index contributed by atoms with van der Waals surface area (Å²) < 4.78 is 5.64. The highest BCUT2D eigenvalue weighted by molar-refractivity contribution is 6.21. The molecule has 3 rings (SSSR count). The van der Waals surface area contributed by atoms with Crippen molar-refractivity contribution >= 4 is 23.4 Å². The summed E-state index contributed by atoms with van der Waals surface area (Å²) in [7, 11) is 0. The minimum absolute atomic E-state index is 0.0358. The minimum Gasteiger partial charge on any atom is -0.491 e. The van der Waals surface area contributed by atoms with E-state index in [0.29, 0.717) is 16.8 Å². The zero-order valence-electron chi connectivity index (χ0n) is 16.5. The van der Waals surface area contributed by atoms with Crippen LogP contribution >= 0.6 is 0 Å². The Morgan fingerprint density at radius 3 is 2.43 bits per heavy atom. The number of rotatable bonds is 6. The van der Waals surface area contributed by atoms with E-state index in [-0.39, 0.29) is 36.8 Å². The van der Waals surface area contributed by atoms with Crippen molar-refractivity contribution in [2.45, 2.75) is 40.2 Å². The lowest BCUT2D eigenvalue weighted by Crippen LogP contribution is -2.32. The molecule has 1 N–H and O–H groups in total. The smallest absolute Gasteiger partial charge is 0.261 e. The first-order valence-electron chi connectivity index (χ1n) is 9.30. The molecule has 0 saturated heterocycles. The van der Waals surface area contributed by atoms with Gasteiger partial charge in [-0.25, -0.2) is 0 Å². The Hall–Kier alpha value is -3.15. The molecule has 0 radical (unpaired) electrons. The third kappa shape index (κ3) is 4.06. The first-order valence-corrected chi connectivity index (χ1v) is 9.30. The minimum atomic E-state index is -0.348. The van der Waals surface area contributed by atoms with Gasteiger partial charge in [-0.05, 0) is 63.6 Å². The summed E-state index contributed by atoms with van der Waals surface area (Å²) in [6, 6.07) is 10.6. The van der Waals surface area contributed by atoms with E-state index in [0.717, 1.165) is 21.8 Å². The van der Waals surface area contributed by atoms with Gasteiger partial charge >= 0.3 is 0 Å². The van der Waals surface area contributed by atoms with Crippen LogP contribution in [0.5, 0.6) is 5.75 Å². The zero-order chi connectivity index (χ0) is 20.4. The van der Waals surface area contributed by atoms with Crippen LogP contribution < -0.4 is 10.1 Å². The Labute approximate surface area is 164 Å². The molecule has 0 atom stereocenters. The van der Waals surface area contributed by atoms with Gasteiger partial charge in [0.25, 0.3) is 11.8 Å². The number of hydrogen-bond donors (Lipinski definition) is 1. The van der Waals surface area contributed by atoms with Crippen LogP contribution in [0, 0.1) is 13.8 Å². The number of benzene rings is 2. The molecule has 6 nitrogen and oxygen atoms in total. The van der Waals surface area contributed by atoms with Gasteiger partial charge in [0.05, 0.1) is 17.2 Å². The normalized spacial score (nSPS) is 13.1. The molecule has 0 saturated carbocycles.